The van der Waals surface area contributed by atoms with Gasteiger partial charge in [0.15, 0.2) is 0 Å². The zero-order valence-electron chi connectivity index (χ0n) is 17.9. The second kappa shape index (κ2) is 7.60. The Morgan fingerprint density at radius 1 is 1.14 bits per heavy atom. The summed E-state index contributed by atoms with van der Waals surface area (Å²) in [6.07, 6.45) is 3.92. The molecule has 1 heterocycles. The first-order valence-corrected chi connectivity index (χ1v) is 9.71. The Balaban J connectivity index is 1.99. The molecule has 0 aliphatic carbocycles. The van der Waals surface area contributed by atoms with Crippen molar-refractivity contribution in [3.05, 3.63) is 70.3 Å². The third kappa shape index (κ3) is 3.95. The molecule has 0 saturated heterocycles. The second-order valence-electron chi connectivity index (χ2n) is 8.20. The lowest BCUT2D eigenvalue weighted by Crippen LogP contribution is -2.42. The first-order chi connectivity index (χ1) is 13.6. The number of fused-ring (bicyclic) bond motifs is 1. The molecule has 2 aromatic carbocycles. The lowest BCUT2D eigenvalue weighted by molar-refractivity contribution is -0.112. The molecule has 4 heteroatoms. The summed E-state index contributed by atoms with van der Waals surface area (Å²) in [6.45, 7) is 10.4. The van der Waals surface area contributed by atoms with Crippen LogP contribution in [0.4, 0.5) is 11.4 Å². The summed E-state index contributed by atoms with van der Waals surface area (Å²) in [5.41, 5.74) is 7.07. The molecule has 4 nitrogen and oxygen atoms in total. The maximum absolute atomic E-state index is 12.7. The van der Waals surface area contributed by atoms with Gasteiger partial charge in [0, 0.05) is 24.0 Å². The number of carbonyl (C=O) groups excluding carboxylic acids is 1. The predicted molar refractivity (Wildman–Crippen MR) is 121 cm³/mol. The van der Waals surface area contributed by atoms with E-state index in [1.54, 1.807) is 6.08 Å². The van der Waals surface area contributed by atoms with Crippen molar-refractivity contribution in [2.24, 2.45) is 0 Å². The number of anilines is 2. The van der Waals surface area contributed by atoms with Crippen molar-refractivity contribution in [3.63, 3.8) is 0 Å². The number of allylic oxidation sites excluding steroid dienone is 1. The summed E-state index contributed by atoms with van der Waals surface area (Å²) in [4.78, 5) is 14.9. The molecular formula is C25H27N3O. The fraction of sp³-hybridized carbons (Fsp3) is 0.280. The highest BCUT2D eigenvalue weighted by atomic mass is 16.1. The topological polar surface area (TPSA) is 56.1 Å². The number of benzene rings is 2. The molecule has 148 valence electrons. The Bertz CT molecular complexity index is 1080. The van der Waals surface area contributed by atoms with Crippen molar-refractivity contribution in [2.75, 3.05) is 17.3 Å². The van der Waals surface area contributed by atoms with Gasteiger partial charge in [0.2, 0.25) is 0 Å². The molecule has 0 fully saturated rings. The van der Waals surface area contributed by atoms with Crippen molar-refractivity contribution in [1.29, 1.82) is 5.26 Å². The number of aryl methyl sites for hydroxylation is 2. The molecule has 1 aliphatic heterocycles. The van der Waals surface area contributed by atoms with Crippen LogP contribution in [0.1, 0.15) is 43.0 Å². The molecule has 2 aromatic rings. The van der Waals surface area contributed by atoms with Gasteiger partial charge < -0.3 is 10.2 Å². The number of hydrogen-bond acceptors (Lipinski definition) is 3. The predicted octanol–water partition coefficient (Wildman–Crippen LogP) is 5.48. The molecule has 0 bridgehead atoms. The average Bonchev–Trinajstić information content (AvgIpc) is 2.66. The van der Waals surface area contributed by atoms with E-state index in [2.05, 4.69) is 62.3 Å². The van der Waals surface area contributed by atoms with Crippen LogP contribution in [0, 0.1) is 25.2 Å². The summed E-state index contributed by atoms with van der Waals surface area (Å²) < 4.78 is 0. The summed E-state index contributed by atoms with van der Waals surface area (Å²) >= 11 is 0. The lowest BCUT2D eigenvalue weighted by Gasteiger charge is -2.41. The van der Waals surface area contributed by atoms with E-state index in [1.807, 2.05) is 38.1 Å². The van der Waals surface area contributed by atoms with Gasteiger partial charge in [-0.3, -0.25) is 4.79 Å². The summed E-state index contributed by atoms with van der Waals surface area (Å²) in [6, 6.07) is 13.8. The van der Waals surface area contributed by atoms with Gasteiger partial charge in [0.1, 0.15) is 11.6 Å². The quantitative estimate of drug-likeness (QED) is 0.562. The maximum atomic E-state index is 12.7. The van der Waals surface area contributed by atoms with Crippen LogP contribution >= 0.6 is 0 Å². The van der Waals surface area contributed by atoms with Crippen LogP contribution in [-0.2, 0) is 4.79 Å². The highest BCUT2D eigenvalue weighted by molar-refractivity contribution is 6.10. The molecule has 0 unspecified atom stereocenters. The minimum atomic E-state index is -0.399. The van der Waals surface area contributed by atoms with E-state index in [1.165, 1.54) is 5.57 Å². The van der Waals surface area contributed by atoms with Crippen molar-refractivity contribution in [2.45, 2.75) is 40.2 Å². The number of para-hydroxylation sites is 1. The molecule has 29 heavy (non-hydrogen) atoms. The summed E-state index contributed by atoms with van der Waals surface area (Å²) in [5.74, 6) is -0.399. The van der Waals surface area contributed by atoms with Gasteiger partial charge >= 0.3 is 0 Å². The molecule has 1 aliphatic rings. The van der Waals surface area contributed by atoms with E-state index < -0.39 is 5.91 Å². The SMILES string of the molecule is CC1=CC(C)(C)N(C)c2cc(C)c(/C=C(/C#N)C(=O)Nc3ccccc3C)cc21. The smallest absolute Gasteiger partial charge is 0.266 e. The van der Waals surface area contributed by atoms with Gasteiger partial charge in [-0.15, -0.1) is 0 Å². The molecular weight excluding hydrogens is 358 g/mol. The van der Waals surface area contributed by atoms with Crippen molar-refractivity contribution in [1.82, 2.24) is 0 Å². The molecule has 0 radical (unpaired) electrons. The lowest BCUT2D eigenvalue weighted by atomic mass is 9.87. The number of rotatable bonds is 3. The van der Waals surface area contributed by atoms with Gasteiger partial charge in [0.25, 0.3) is 5.91 Å². The van der Waals surface area contributed by atoms with Crippen LogP contribution in [0.25, 0.3) is 11.6 Å². The second-order valence-corrected chi connectivity index (χ2v) is 8.20. The van der Waals surface area contributed by atoms with Gasteiger partial charge in [0.05, 0.1) is 5.54 Å². The van der Waals surface area contributed by atoms with E-state index in [9.17, 15) is 10.1 Å². The minimum absolute atomic E-state index is 0.0634. The first-order valence-electron chi connectivity index (χ1n) is 9.71. The van der Waals surface area contributed by atoms with Crippen molar-refractivity contribution in [3.8, 4) is 6.07 Å². The normalized spacial score (nSPS) is 15.3. The average molecular weight is 386 g/mol. The number of amides is 1. The molecule has 0 saturated carbocycles. The monoisotopic (exact) mass is 385 g/mol. The molecule has 0 atom stereocenters. The first kappa shape index (κ1) is 20.4. The van der Waals surface area contributed by atoms with Crippen LogP contribution in [0.5, 0.6) is 0 Å². The number of carbonyl (C=O) groups is 1. The third-order valence-electron chi connectivity index (χ3n) is 5.66. The molecule has 0 spiro atoms. The fourth-order valence-electron chi connectivity index (χ4n) is 3.68. The largest absolute Gasteiger partial charge is 0.365 e. The number of nitriles is 1. The van der Waals surface area contributed by atoms with E-state index in [4.69, 9.17) is 0 Å². The zero-order chi connectivity index (χ0) is 21.3. The zero-order valence-corrected chi connectivity index (χ0v) is 17.9. The van der Waals surface area contributed by atoms with Crippen LogP contribution in [0.2, 0.25) is 0 Å². The van der Waals surface area contributed by atoms with Crippen molar-refractivity contribution < 1.29 is 4.79 Å². The van der Waals surface area contributed by atoms with E-state index in [0.717, 1.165) is 27.9 Å². The Morgan fingerprint density at radius 2 is 1.83 bits per heavy atom. The van der Waals surface area contributed by atoms with Crippen molar-refractivity contribution >= 4 is 28.9 Å². The standard InChI is InChI=1S/C25H27N3O/c1-16-9-7-8-10-22(16)27-24(29)20(15-26)12-19-13-21-18(3)14-25(4,5)28(6)23(21)11-17(19)2/h7-14H,1-6H3,(H,27,29)/b20-12-. The molecule has 3 rings (SSSR count). The summed E-state index contributed by atoms with van der Waals surface area (Å²) in [5, 5.41) is 12.4. The number of hydrogen-bond donors (Lipinski definition) is 1. The minimum Gasteiger partial charge on any atom is -0.365 e. The van der Waals surface area contributed by atoms with E-state index in [-0.39, 0.29) is 11.1 Å². The van der Waals surface area contributed by atoms with Gasteiger partial charge in [-0.25, -0.2) is 0 Å². The molecule has 0 aromatic heterocycles. The van der Waals surface area contributed by atoms with Gasteiger partial charge in [-0.2, -0.15) is 5.26 Å². The molecule has 1 N–H and O–H groups in total. The maximum Gasteiger partial charge on any atom is 0.266 e. The Labute approximate surface area is 173 Å². The van der Waals surface area contributed by atoms with Crippen LogP contribution in [-0.4, -0.2) is 18.5 Å². The Morgan fingerprint density at radius 3 is 2.48 bits per heavy atom. The number of nitrogens with zero attached hydrogens (tertiary/aromatic N) is 2. The van der Waals surface area contributed by atoms with Crippen LogP contribution < -0.4 is 10.2 Å². The van der Waals surface area contributed by atoms with Gasteiger partial charge in [-0.05, 0) is 81.2 Å². The highest BCUT2D eigenvalue weighted by Gasteiger charge is 2.28. The highest BCUT2D eigenvalue weighted by Crippen LogP contribution is 2.39. The summed E-state index contributed by atoms with van der Waals surface area (Å²) in [7, 11) is 2.09. The fourth-order valence-corrected chi connectivity index (χ4v) is 3.68. The third-order valence-corrected chi connectivity index (χ3v) is 5.66. The number of nitrogens with one attached hydrogen (secondary N) is 1. The van der Waals surface area contributed by atoms with Crippen LogP contribution in [0.3, 0.4) is 0 Å². The van der Waals surface area contributed by atoms with E-state index >= 15 is 0 Å². The Kier molecular flexibility index (Phi) is 5.35. The van der Waals surface area contributed by atoms with Gasteiger partial charge in [-0.1, -0.05) is 24.3 Å². The number of likely N-dealkylation sites (N-methyl/N-ethyl adjacent to an activating group) is 1. The Hall–Kier alpha value is -3.32. The molecule has 1 amide bonds. The van der Waals surface area contributed by atoms with Crippen LogP contribution in [0.15, 0.2) is 48.0 Å². The van der Waals surface area contributed by atoms with E-state index in [0.29, 0.717) is 5.69 Å².